The standard InChI is InChI=1S/C17H28N2/c1-13(2)18-11-15-10-14(3)6-7-16(15)19-9-8-17(4,5)12-19/h6-7,10,13,18H,8-9,11-12H2,1-5H3. The van der Waals surface area contributed by atoms with Crippen LogP contribution >= 0.6 is 0 Å². The summed E-state index contributed by atoms with van der Waals surface area (Å²) in [5.74, 6) is 0. The van der Waals surface area contributed by atoms with Gasteiger partial charge in [-0.2, -0.15) is 0 Å². The lowest BCUT2D eigenvalue weighted by Gasteiger charge is -2.25. The molecular weight excluding hydrogens is 232 g/mol. The number of nitrogens with zero attached hydrogens (tertiary/aromatic N) is 1. The van der Waals surface area contributed by atoms with E-state index >= 15 is 0 Å². The first-order valence-corrected chi connectivity index (χ1v) is 7.45. The number of hydrogen-bond donors (Lipinski definition) is 1. The Bertz CT molecular complexity index is 435. The second-order valence-corrected chi connectivity index (χ2v) is 7.00. The van der Waals surface area contributed by atoms with Crippen molar-refractivity contribution in [2.24, 2.45) is 5.41 Å². The van der Waals surface area contributed by atoms with Crippen LogP contribution in [0.1, 0.15) is 45.2 Å². The summed E-state index contributed by atoms with van der Waals surface area (Å²) in [7, 11) is 0. The summed E-state index contributed by atoms with van der Waals surface area (Å²) in [5.41, 5.74) is 4.66. The highest BCUT2D eigenvalue weighted by Crippen LogP contribution is 2.34. The van der Waals surface area contributed by atoms with E-state index in [9.17, 15) is 0 Å². The van der Waals surface area contributed by atoms with Crippen molar-refractivity contribution >= 4 is 5.69 Å². The SMILES string of the molecule is Cc1ccc(N2CCC(C)(C)C2)c(CNC(C)C)c1. The third-order valence-corrected chi connectivity index (χ3v) is 3.95. The number of anilines is 1. The van der Waals surface area contributed by atoms with Crippen LogP contribution in [0.3, 0.4) is 0 Å². The van der Waals surface area contributed by atoms with Crippen molar-refractivity contribution in [3.63, 3.8) is 0 Å². The molecule has 1 aliphatic rings. The van der Waals surface area contributed by atoms with Crippen LogP contribution in [0.25, 0.3) is 0 Å². The molecule has 106 valence electrons. The van der Waals surface area contributed by atoms with Crippen molar-refractivity contribution in [2.75, 3.05) is 18.0 Å². The second-order valence-electron chi connectivity index (χ2n) is 7.00. The monoisotopic (exact) mass is 260 g/mol. The van der Waals surface area contributed by atoms with Gasteiger partial charge in [-0.05, 0) is 30.4 Å². The Labute approximate surface area is 118 Å². The summed E-state index contributed by atoms with van der Waals surface area (Å²) in [5, 5.41) is 3.55. The van der Waals surface area contributed by atoms with Gasteiger partial charge in [0.2, 0.25) is 0 Å². The summed E-state index contributed by atoms with van der Waals surface area (Å²) in [6.45, 7) is 14.6. The summed E-state index contributed by atoms with van der Waals surface area (Å²) < 4.78 is 0. The Morgan fingerprint density at radius 3 is 2.63 bits per heavy atom. The lowest BCUT2D eigenvalue weighted by molar-refractivity contribution is 0.418. The van der Waals surface area contributed by atoms with Gasteiger partial charge in [0.1, 0.15) is 0 Å². The molecular formula is C17H28N2. The molecule has 2 nitrogen and oxygen atoms in total. The Balaban J connectivity index is 2.19. The van der Waals surface area contributed by atoms with Crippen LogP contribution in [0.2, 0.25) is 0 Å². The van der Waals surface area contributed by atoms with Crippen LogP contribution in [-0.2, 0) is 6.54 Å². The summed E-state index contributed by atoms with van der Waals surface area (Å²) in [6, 6.07) is 7.40. The molecule has 1 aromatic carbocycles. The van der Waals surface area contributed by atoms with Crippen molar-refractivity contribution < 1.29 is 0 Å². The maximum absolute atomic E-state index is 3.55. The van der Waals surface area contributed by atoms with Crippen LogP contribution in [0.4, 0.5) is 5.69 Å². The molecule has 0 spiro atoms. The highest BCUT2D eigenvalue weighted by Gasteiger charge is 2.30. The molecule has 1 saturated heterocycles. The zero-order valence-electron chi connectivity index (χ0n) is 13.1. The van der Waals surface area contributed by atoms with Gasteiger partial charge in [-0.3, -0.25) is 0 Å². The van der Waals surface area contributed by atoms with Crippen LogP contribution < -0.4 is 10.2 Å². The van der Waals surface area contributed by atoms with Crippen LogP contribution in [0.5, 0.6) is 0 Å². The highest BCUT2D eigenvalue weighted by atomic mass is 15.2. The van der Waals surface area contributed by atoms with Crippen LogP contribution in [0, 0.1) is 12.3 Å². The molecule has 0 amide bonds. The van der Waals surface area contributed by atoms with E-state index < -0.39 is 0 Å². The predicted molar refractivity (Wildman–Crippen MR) is 83.8 cm³/mol. The van der Waals surface area contributed by atoms with Gasteiger partial charge in [0.25, 0.3) is 0 Å². The van der Waals surface area contributed by atoms with Crippen molar-refractivity contribution in [3.05, 3.63) is 29.3 Å². The zero-order valence-corrected chi connectivity index (χ0v) is 13.1. The van der Waals surface area contributed by atoms with Gasteiger partial charge in [0, 0.05) is 31.4 Å². The van der Waals surface area contributed by atoms with E-state index in [1.54, 1.807) is 0 Å². The van der Waals surface area contributed by atoms with Gasteiger partial charge in [-0.15, -0.1) is 0 Å². The number of benzene rings is 1. The Hall–Kier alpha value is -1.02. The Morgan fingerprint density at radius 1 is 1.32 bits per heavy atom. The number of aryl methyl sites for hydroxylation is 1. The van der Waals surface area contributed by atoms with Gasteiger partial charge in [-0.25, -0.2) is 0 Å². The Morgan fingerprint density at radius 2 is 2.05 bits per heavy atom. The van der Waals surface area contributed by atoms with Crippen molar-refractivity contribution in [1.82, 2.24) is 5.32 Å². The fourth-order valence-corrected chi connectivity index (χ4v) is 2.80. The normalized spacial score (nSPS) is 18.3. The fourth-order valence-electron chi connectivity index (χ4n) is 2.80. The molecule has 1 aromatic rings. The lowest BCUT2D eigenvalue weighted by atomic mass is 9.93. The topological polar surface area (TPSA) is 15.3 Å². The second kappa shape index (κ2) is 5.54. The van der Waals surface area contributed by atoms with Gasteiger partial charge >= 0.3 is 0 Å². The largest absolute Gasteiger partial charge is 0.371 e. The van der Waals surface area contributed by atoms with E-state index in [4.69, 9.17) is 0 Å². The van der Waals surface area contributed by atoms with Gasteiger partial charge in [0.15, 0.2) is 0 Å². The molecule has 1 aliphatic heterocycles. The minimum absolute atomic E-state index is 0.452. The summed E-state index contributed by atoms with van der Waals surface area (Å²) in [4.78, 5) is 2.55. The molecule has 0 bridgehead atoms. The average molecular weight is 260 g/mol. The first kappa shape index (κ1) is 14.4. The third-order valence-electron chi connectivity index (χ3n) is 3.95. The molecule has 2 rings (SSSR count). The molecule has 0 aliphatic carbocycles. The molecule has 0 aromatic heterocycles. The van der Waals surface area contributed by atoms with E-state index in [1.807, 2.05) is 0 Å². The minimum atomic E-state index is 0.452. The molecule has 1 N–H and O–H groups in total. The zero-order chi connectivity index (χ0) is 14.0. The fraction of sp³-hybridized carbons (Fsp3) is 0.647. The van der Waals surface area contributed by atoms with Crippen molar-refractivity contribution in [1.29, 1.82) is 0 Å². The van der Waals surface area contributed by atoms with Crippen LogP contribution in [0.15, 0.2) is 18.2 Å². The average Bonchev–Trinajstić information content (AvgIpc) is 2.67. The lowest BCUT2D eigenvalue weighted by Crippen LogP contribution is -2.27. The maximum Gasteiger partial charge on any atom is 0.0412 e. The summed E-state index contributed by atoms with van der Waals surface area (Å²) >= 11 is 0. The van der Waals surface area contributed by atoms with Gasteiger partial charge in [0.05, 0.1) is 0 Å². The molecule has 0 atom stereocenters. The molecule has 2 heteroatoms. The first-order chi connectivity index (χ1) is 8.87. The molecule has 0 saturated carbocycles. The van der Waals surface area contributed by atoms with Gasteiger partial charge in [-0.1, -0.05) is 45.4 Å². The van der Waals surface area contributed by atoms with Gasteiger partial charge < -0.3 is 10.2 Å². The third kappa shape index (κ3) is 3.73. The quantitative estimate of drug-likeness (QED) is 0.887. The smallest absolute Gasteiger partial charge is 0.0412 e. The number of nitrogens with one attached hydrogen (secondary N) is 1. The highest BCUT2D eigenvalue weighted by molar-refractivity contribution is 5.56. The van der Waals surface area contributed by atoms with E-state index in [-0.39, 0.29) is 0 Å². The molecule has 0 unspecified atom stereocenters. The maximum atomic E-state index is 3.55. The van der Waals surface area contributed by atoms with E-state index in [1.165, 1.54) is 36.3 Å². The van der Waals surface area contributed by atoms with Crippen LogP contribution in [-0.4, -0.2) is 19.1 Å². The van der Waals surface area contributed by atoms with E-state index in [2.05, 4.69) is 63.0 Å². The molecule has 1 fully saturated rings. The number of rotatable bonds is 4. The van der Waals surface area contributed by atoms with Crippen molar-refractivity contribution in [2.45, 2.75) is 53.6 Å². The molecule has 19 heavy (non-hydrogen) atoms. The number of hydrogen-bond acceptors (Lipinski definition) is 2. The Kier molecular flexibility index (Phi) is 4.19. The molecule has 1 heterocycles. The van der Waals surface area contributed by atoms with E-state index in [0.29, 0.717) is 11.5 Å². The predicted octanol–water partition coefficient (Wildman–Crippen LogP) is 3.73. The van der Waals surface area contributed by atoms with E-state index in [0.717, 1.165) is 6.54 Å². The van der Waals surface area contributed by atoms with Crippen molar-refractivity contribution in [3.8, 4) is 0 Å². The summed E-state index contributed by atoms with van der Waals surface area (Å²) in [6.07, 6.45) is 1.29. The minimum Gasteiger partial charge on any atom is -0.371 e. The molecule has 0 radical (unpaired) electrons. The first-order valence-electron chi connectivity index (χ1n) is 7.45.